The van der Waals surface area contributed by atoms with Crippen LogP contribution in [-0.4, -0.2) is 43.5 Å². The van der Waals surface area contributed by atoms with Gasteiger partial charge in [-0.2, -0.15) is 0 Å². The van der Waals surface area contributed by atoms with Crippen LogP contribution in [0.2, 0.25) is 0 Å². The van der Waals surface area contributed by atoms with Gasteiger partial charge in [-0.25, -0.2) is 0 Å². The van der Waals surface area contributed by atoms with Crippen LogP contribution in [0.15, 0.2) is 0 Å². The summed E-state index contributed by atoms with van der Waals surface area (Å²) in [6, 6.07) is 0. The molecule has 0 bridgehead atoms. The van der Waals surface area contributed by atoms with Gasteiger partial charge in [-0.3, -0.25) is 9.59 Å². The van der Waals surface area contributed by atoms with Gasteiger partial charge in [-0.15, -0.1) is 0 Å². The normalized spacial score (nSPS) is 10.3. The fraction of sp³-hybridized carbons (Fsp3) is 0.818. The van der Waals surface area contributed by atoms with Crippen LogP contribution in [0, 0.1) is 5.92 Å². The number of amides is 1. The average molecular weight is 230 g/mol. The first-order valence-electron chi connectivity index (χ1n) is 5.55. The third-order valence-electron chi connectivity index (χ3n) is 2.11. The lowest BCUT2D eigenvalue weighted by atomic mass is 10.2. The molecule has 0 aliphatic carbocycles. The Labute approximate surface area is 96.9 Å². The van der Waals surface area contributed by atoms with Gasteiger partial charge in [0.2, 0.25) is 5.91 Å². The Bertz CT molecular complexity index is 229. The maximum Gasteiger partial charge on any atom is 0.307 e. The molecule has 0 unspecified atom stereocenters. The average Bonchev–Trinajstić information content (AvgIpc) is 2.23. The minimum absolute atomic E-state index is 0.0000954. The number of nitrogens with two attached hydrogens (primary N) is 1. The van der Waals surface area contributed by atoms with Crippen LogP contribution >= 0.6 is 0 Å². The molecule has 0 aliphatic rings. The van der Waals surface area contributed by atoms with Gasteiger partial charge in [0.05, 0.1) is 13.5 Å². The summed E-state index contributed by atoms with van der Waals surface area (Å²) in [7, 11) is 1.34. The van der Waals surface area contributed by atoms with Crippen LogP contribution in [-0.2, 0) is 14.3 Å². The van der Waals surface area contributed by atoms with E-state index in [1.54, 1.807) is 4.90 Å². The zero-order valence-electron chi connectivity index (χ0n) is 10.4. The Morgan fingerprint density at radius 3 is 2.38 bits per heavy atom. The van der Waals surface area contributed by atoms with Crippen molar-refractivity contribution in [3.8, 4) is 0 Å². The van der Waals surface area contributed by atoms with Crippen molar-refractivity contribution in [1.29, 1.82) is 0 Å². The first-order valence-corrected chi connectivity index (χ1v) is 5.55. The number of rotatable bonds is 7. The highest BCUT2D eigenvalue weighted by Crippen LogP contribution is 2.03. The molecule has 94 valence electrons. The predicted molar refractivity (Wildman–Crippen MR) is 61.7 cm³/mol. The molecule has 0 atom stereocenters. The topological polar surface area (TPSA) is 72.6 Å². The lowest BCUT2D eigenvalue weighted by Gasteiger charge is -2.24. The lowest BCUT2D eigenvalue weighted by Crippen LogP contribution is -2.37. The number of carbonyl (C=O) groups excluding carboxylic acids is 2. The molecular formula is C11H22N2O3. The van der Waals surface area contributed by atoms with Crippen molar-refractivity contribution in [3.05, 3.63) is 0 Å². The van der Waals surface area contributed by atoms with Crippen molar-refractivity contribution < 1.29 is 14.3 Å². The highest BCUT2D eigenvalue weighted by atomic mass is 16.5. The molecule has 0 heterocycles. The Balaban J connectivity index is 4.19. The molecule has 2 N–H and O–H groups in total. The highest BCUT2D eigenvalue weighted by molar-refractivity contribution is 5.77. The van der Waals surface area contributed by atoms with Gasteiger partial charge in [-0.05, 0) is 5.92 Å². The molecule has 0 spiro atoms. The van der Waals surface area contributed by atoms with Gasteiger partial charge in [-0.1, -0.05) is 13.8 Å². The zero-order valence-corrected chi connectivity index (χ0v) is 10.4. The van der Waals surface area contributed by atoms with Crippen molar-refractivity contribution in [2.75, 3.05) is 26.7 Å². The minimum Gasteiger partial charge on any atom is -0.469 e. The number of carbonyl (C=O) groups is 2. The van der Waals surface area contributed by atoms with Gasteiger partial charge >= 0.3 is 5.97 Å². The second-order valence-corrected chi connectivity index (χ2v) is 4.10. The summed E-state index contributed by atoms with van der Waals surface area (Å²) in [6.07, 6.45) is 0.563. The van der Waals surface area contributed by atoms with Crippen LogP contribution < -0.4 is 5.73 Å². The van der Waals surface area contributed by atoms with E-state index in [0.29, 0.717) is 32.0 Å². The van der Waals surface area contributed by atoms with Crippen LogP contribution in [0.1, 0.15) is 26.7 Å². The summed E-state index contributed by atoms with van der Waals surface area (Å²) < 4.78 is 4.54. The summed E-state index contributed by atoms with van der Waals surface area (Å²) in [4.78, 5) is 24.3. The molecule has 1 amide bonds. The molecule has 0 fully saturated rings. The number of hydrogen-bond donors (Lipinski definition) is 1. The number of nitrogens with zero attached hydrogens (tertiary/aromatic N) is 1. The summed E-state index contributed by atoms with van der Waals surface area (Å²) >= 11 is 0. The smallest absolute Gasteiger partial charge is 0.307 e. The molecule has 0 saturated carbocycles. The van der Waals surface area contributed by atoms with Crippen molar-refractivity contribution in [3.63, 3.8) is 0 Å². The van der Waals surface area contributed by atoms with E-state index in [1.807, 2.05) is 13.8 Å². The summed E-state index contributed by atoms with van der Waals surface area (Å²) in [5, 5.41) is 0. The molecule has 0 rings (SSSR count). The molecule has 0 aromatic carbocycles. The van der Waals surface area contributed by atoms with Gasteiger partial charge in [0, 0.05) is 26.1 Å². The first-order chi connectivity index (χ1) is 7.51. The van der Waals surface area contributed by atoms with Crippen LogP contribution in [0.25, 0.3) is 0 Å². The van der Waals surface area contributed by atoms with E-state index < -0.39 is 0 Å². The van der Waals surface area contributed by atoms with Crippen LogP contribution in [0.5, 0.6) is 0 Å². The SMILES string of the molecule is COC(=O)CCN(CC(C)C)C(=O)CCN. The number of esters is 1. The second kappa shape index (κ2) is 8.10. The number of hydrogen-bond acceptors (Lipinski definition) is 4. The van der Waals surface area contributed by atoms with E-state index in [-0.39, 0.29) is 18.3 Å². The Kier molecular flexibility index (Phi) is 7.54. The van der Waals surface area contributed by atoms with Gasteiger partial charge in [0.15, 0.2) is 0 Å². The van der Waals surface area contributed by atoms with E-state index in [4.69, 9.17) is 5.73 Å². The van der Waals surface area contributed by atoms with Crippen LogP contribution in [0.3, 0.4) is 0 Å². The summed E-state index contributed by atoms with van der Waals surface area (Å²) in [5.41, 5.74) is 5.34. The van der Waals surface area contributed by atoms with Crippen molar-refractivity contribution in [1.82, 2.24) is 4.90 Å². The molecule has 0 aromatic heterocycles. The molecule has 16 heavy (non-hydrogen) atoms. The van der Waals surface area contributed by atoms with Gasteiger partial charge in [0.1, 0.15) is 0 Å². The molecule has 0 saturated heterocycles. The van der Waals surface area contributed by atoms with Gasteiger partial charge < -0.3 is 15.4 Å². The van der Waals surface area contributed by atoms with Crippen molar-refractivity contribution in [2.24, 2.45) is 11.7 Å². The molecule has 0 aromatic rings. The van der Waals surface area contributed by atoms with Crippen LogP contribution in [0.4, 0.5) is 0 Å². The molecule has 5 heteroatoms. The Hall–Kier alpha value is -1.10. The second-order valence-electron chi connectivity index (χ2n) is 4.10. The summed E-state index contributed by atoms with van der Waals surface area (Å²) in [6.45, 7) is 5.45. The largest absolute Gasteiger partial charge is 0.469 e. The monoisotopic (exact) mass is 230 g/mol. The van der Waals surface area contributed by atoms with Crippen molar-refractivity contribution >= 4 is 11.9 Å². The molecule has 0 aliphatic heterocycles. The fourth-order valence-corrected chi connectivity index (χ4v) is 1.37. The Morgan fingerprint density at radius 1 is 1.31 bits per heavy atom. The molecular weight excluding hydrogens is 208 g/mol. The van der Waals surface area contributed by atoms with E-state index in [0.717, 1.165) is 0 Å². The number of ether oxygens (including phenoxy) is 1. The van der Waals surface area contributed by atoms with E-state index >= 15 is 0 Å². The van der Waals surface area contributed by atoms with E-state index in [1.165, 1.54) is 7.11 Å². The lowest BCUT2D eigenvalue weighted by molar-refractivity contribution is -0.141. The molecule has 0 radical (unpaired) electrons. The zero-order chi connectivity index (χ0) is 12.6. The Morgan fingerprint density at radius 2 is 1.94 bits per heavy atom. The minimum atomic E-state index is -0.297. The number of methoxy groups -OCH3 is 1. The van der Waals surface area contributed by atoms with Gasteiger partial charge in [0.25, 0.3) is 0 Å². The standard InChI is InChI=1S/C11H22N2O3/c1-9(2)8-13(10(14)4-6-12)7-5-11(15)16-3/h9H,4-8,12H2,1-3H3. The maximum absolute atomic E-state index is 11.7. The van der Waals surface area contributed by atoms with E-state index in [9.17, 15) is 9.59 Å². The fourth-order valence-electron chi connectivity index (χ4n) is 1.37. The first kappa shape index (κ1) is 14.9. The predicted octanol–water partition coefficient (Wildman–Crippen LogP) is 0.383. The third-order valence-corrected chi connectivity index (χ3v) is 2.11. The highest BCUT2D eigenvalue weighted by Gasteiger charge is 2.15. The summed E-state index contributed by atoms with van der Waals surface area (Å²) in [5.74, 6) is 0.0776. The third kappa shape index (κ3) is 6.40. The molecule has 5 nitrogen and oxygen atoms in total. The van der Waals surface area contributed by atoms with Crippen molar-refractivity contribution in [2.45, 2.75) is 26.7 Å². The maximum atomic E-state index is 11.7. The quantitative estimate of drug-likeness (QED) is 0.642. The van der Waals surface area contributed by atoms with E-state index in [2.05, 4.69) is 4.74 Å².